The van der Waals surface area contributed by atoms with Crippen molar-refractivity contribution in [2.45, 2.75) is 44.6 Å². The van der Waals surface area contributed by atoms with Gasteiger partial charge >= 0.3 is 0 Å². The molecule has 1 aliphatic rings. The van der Waals surface area contributed by atoms with E-state index in [9.17, 15) is 4.79 Å². The number of hydrogen-bond acceptors (Lipinski definition) is 3. The number of aromatic amines is 1. The van der Waals surface area contributed by atoms with E-state index in [-0.39, 0.29) is 12.0 Å². The molecule has 5 nitrogen and oxygen atoms in total. The minimum Gasteiger partial charge on any atom is -0.368 e. The summed E-state index contributed by atoms with van der Waals surface area (Å²) in [5, 5.41) is 7.52. The van der Waals surface area contributed by atoms with Gasteiger partial charge in [0.2, 0.25) is 0 Å². The predicted octanol–water partition coefficient (Wildman–Crippen LogP) is 3.43. The van der Waals surface area contributed by atoms with E-state index in [4.69, 9.17) is 4.74 Å². The lowest BCUT2D eigenvalue weighted by molar-refractivity contribution is -0.139. The largest absolute Gasteiger partial charge is 0.368 e. The number of rotatable bonds is 8. The molecule has 1 atom stereocenters. The van der Waals surface area contributed by atoms with Crippen molar-refractivity contribution in [1.29, 1.82) is 0 Å². The van der Waals surface area contributed by atoms with E-state index >= 15 is 0 Å². The second-order valence-electron chi connectivity index (χ2n) is 6.72. The SMILES string of the molecule is CN(CCCCCc1cc(-c2ccccc2)n[nH]1)C(=O)C1CCCO1. The van der Waals surface area contributed by atoms with Crippen LogP contribution in [0.15, 0.2) is 36.4 Å². The number of aryl methyl sites for hydroxylation is 1. The molecule has 0 spiro atoms. The van der Waals surface area contributed by atoms with Crippen molar-refractivity contribution in [2.75, 3.05) is 20.2 Å². The fourth-order valence-corrected chi connectivity index (χ4v) is 3.22. The molecule has 0 saturated carbocycles. The molecule has 1 unspecified atom stereocenters. The van der Waals surface area contributed by atoms with E-state index < -0.39 is 0 Å². The smallest absolute Gasteiger partial charge is 0.251 e. The van der Waals surface area contributed by atoms with Crippen molar-refractivity contribution >= 4 is 5.91 Å². The predicted molar refractivity (Wildman–Crippen MR) is 98.2 cm³/mol. The summed E-state index contributed by atoms with van der Waals surface area (Å²) < 4.78 is 5.46. The molecule has 0 radical (unpaired) electrons. The van der Waals surface area contributed by atoms with Gasteiger partial charge in [-0.15, -0.1) is 0 Å². The van der Waals surface area contributed by atoms with Crippen molar-refractivity contribution < 1.29 is 9.53 Å². The Balaban J connectivity index is 1.35. The molecule has 25 heavy (non-hydrogen) atoms. The topological polar surface area (TPSA) is 58.2 Å². The molecule has 5 heteroatoms. The molecule has 1 aliphatic heterocycles. The quantitative estimate of drug-likeness (QED) is 0.749. The zero-order chi connectivity index (χ0) is 17.5. The molecule has 1 N–H and O–H groups in total. The Morgan fingerprint density at radius 2 is 2.12 bits per heavy atom. The van der Waals surface area contributed by atoms with Gasteiger partial charge in [0.05, 0.1) is 5.69 Å². The van der Waals surface area contributed by atoms with Crippen LogP contribution in [0.2, 0.25) is 0 Å². The number of aromatic nitrogens is 2. The number of unbranched alkanes of at least 4 members (excludes halogenated alkanes) is 2. The second-order valence-corrected chi connectivity index (χ2v) is 6.72. The van der Waals surface area contributed by atoms with Crippen LogP contribution in [-0.4, -0.2) is 47.3 Å². The van der Waals surface area contributed by atoms with Crippen LogP contribution in [-0.2, 0) is 16.0 Å². The van der Waals surface area contributed by atoms with E-state index in [2.05, 4.69) is 28.4 Å². The maximum atomic E-state index is 12.2. The molecule has 1 saturated heterocycles. The van der Waals surface area contributed by atoms with E-state index in [0.29, 0.717) is 0 Å². The molecule has 1 aromatic carbocycles. The highest BCUT2D eigenvalue weighted by Gasteiger charge is 2.25. The summed E-state index contributed by atoms with van der Waals surface area (Å²) in [4.78, 5) is 14.0. The van der Waals surface area contributed by atoms with E-state index in [1.54, 1.807) is 0 Å². The van der Waals surface area contributed by atoms with Crippen LogP contribution >= 0.6 is 0 Å². The third-order valence-corrected chi connectivity index (χ3v) is 4.72. The van der Waals surface area contributed by atoms with Gasteiger partial charge in [-0.1, -0.05) is 36.8 Å². The summed E-state index contributed by atoms with van der Waals surface area (Å²) in [6.07, 6.45) is 5.87. The van der Waals surface area contributed by atoms with Gasteiger partial charge in [-0.25, -0.2) is 0 Å². The maximum absolute atomic E-state index is 12.2. The number of H-pyrrole nitrogens is 1. The van der Waals surface area contributed by atoms with Crippen molar-refractivity contribution in [3.8, 4) is 11.3 Å². The number of amides is 1. The van der Waals surface area contributed by atoms with Gasteiger partial charge in [-0.05, 0) is 38.2 Å². The van der Waals surface area contributed by atoms with Crippen molar-refractivity contribution in [2.24, 2.45) is 0 Å². The van der Waals surface area contributed by atoms with Crippen LogP contribution in [0, 0.1) is 0 Å². The lowest BCUT2D eigenvalue weighted by Crippen LogP contribution is -2.36. The minimum atomic E-state index is -0.202. The number of likely N-dealkylation sites (N-methyl/N-ethyl adjacent to an activating group) is 1. The lowest BCUT2D eigenvalue weighted by atomic mass is 10.1. The molecule has 1 fully saturated rings. The Bertz CT molecular complexity index is 663. The number of carbonyl (C=O) groups is 1. The third kappa shape index (κ3) is 4.92. The highest BCUT2D eigenvalue weighted by molar-refractivity contribution is 5.80. The van der Waals surface area contributed by atoms with Gasteiger partial charge < -0.3 is 9.64 Å². The van der Waals surface area contributed by atoms with E-state index in [0.717, 1.165) is 62.9 Å². The van der Waals surface area contributed by atoms with E-state index in [1.165, 1.54) is 5.69 Å². The van der Waals surface area contributed by atoms with Crippen molar-refractivity contribution in [1.82, 2.24) is 15.1 Å². The van der Waals surface area contributed by atoms with Crippen LogP contribution < -0.4 is 0 Å². The summed E-state index contributed by atoms with van der Waals surface area (Å²) in [6.45, 7) is 1.52. The molecule has 1 amide bonds. The summed E-state index contributed by atoms with van der Waals surface area (Å²) in [5.41, 5.74) is 3.31. The van der Waals surface area contributed by atoms with Crippen molar-refractivity contribution in [3.05, 3.63) is 42.1 Å². The van der Waals surface area contributed by atoms with E-state index in [1.807, 2.05) is 30.1 Å². The Morgan fingerprint density at radius 3 is 2.88 bits per heavy atom. The molecule has 2 aromatic rings. The first-order valence-electron chi connectivity index (χ1n) is 9.20. The highest BCUT2D eigenvalue weighted by atomic mass is 16.5. The van der Waals surface area contributed by atoms with Gasteiger partial charge in [0.1, 0.15) is 6.10 Å². The lowest BCUT2D eigenvalue weighted by Gasteiger charge is -2.20. The maximum Gasteiger partial charge on any atom is 0.251 e. The standard InChI is InChI=1S/C20H27N3O2/c1-23(20(24)19-12-8-14-25-19)13-7-3-6-11-17-15-18(22-21-17)16-9-4-2-5-10-16/h2,4-5,9-10,15,19H,3,6-8,11-14H2,1H3,(H,21,22). The van der Waals surface area contributed by atoms with Gasteiger partial charge in [0.25, 0.3) is 5.91 Å². The van der Waals surface area contributed by atoms with Gasteiger partial charge in [-0.2, -0.15) is 5.10 Å². The van der Waals surface area contributed by atoms with Gasteiger partial charge in [0, 0.05) is 31.5 Å². The molecule has 3 rings (SSSR count). The number of carbonyl (C=O) groups excluding carboxylic acids is 1. The summed E-state index contributed by atoms with van der Waals surface area (Å²) in [6, 6.07) is 12.3. The average Bonchev–Trinajstić information content (AvgIpc) is 3.33. The first kappa shape index (κ1) is 17.7. The molecule has 0 bridgehead atoms. The van der Waals surface area contributed by atoms with Crippen LogP contribution in [0.25, 0.3) is 11.3 Å². The number of nitrogens with zero attached hydrogens (tertiary/aromatic N) is 2. The summed E-state index contributed by atoms with van der Waals surface area (Å²) >= 11 is 0. The van der Waals surface area contributed by atoms with Crippen molar-refractivity contribution in [3.63, 3.8) is 0 Å². The zero-order valence-corrected chi connectivity index (χ0v) is 14.9. The first-order valence-corrected chi connectivity index (χ1v) is 9.20. The Hall–Kier alpha value is -2.14. The molecule has 1 aromatic heterocycles. The first-order chi connectivity index (χ1) is 12.2. The molecule has 0 aliphatic carbocycles. The number of ether oxygens (including phenoxy) is 1. The third-order valence-electron chi connectivity index (χ3n) is 4.72. The molecule has 134 valence electrons. The van der Waals surface area contributed by atoms with Gasteiger partial charge in [-0.3, -0.25) is 9.89 Å². The molecular weight excluding hydrogens is 314 g/mol. The fraction of sp³-hybridized carbons (Fsp3) is 0.500. The number of nitrogens with one attached hydrogen (secondary N) is 1. The number of hydrogen-bond donors (Lipinski definition) is 1. The van der Waals surface area contributed by atoms with Crippen LogP contribution in [0.5, 0.6) is 0 Å². The molecular formula is C20H27N3O2. The summed E-state index contributed by atoms with van der Waals surface area (Å²) in [5.74, 6) is 0.138. The van der Waals surface area contributed by atoms with Gasteiger partial charge in [0.15, 0.2) is 0 Å². The number of benzene rings is 1. The Morgan fingerprint density at radius 1 is 1.28 bits per heavy atom. The Kier molecular flexibility index (Phi) is 6.23. The Labute approximate surface area is 149 Å². The van der Waals surface area contributed by atoms with Crippen LogP contribution in [0.1, 0.15) is 37.8 Å². The second kappa shape index (κ2) is 8.81. The normalized spacial score (nSPS) is 16.9. The molecule has 2 heterocycles. The zero-order valence-electron chi connectivity index (χ0n) is 14.9. The highest BCUT2D eigenvalue weighted by Crippen LogP contribution is 2.18. The minimum absolute atomic E-state index is 0.138. The van der Waals surface area contributed by atoms with Crippen LogP contribution in [0.4, 0.5) is 0 Å². The van der Waals surface area contributed by atoms with Crippen LogP contribution in [0.3, 0.4) is 0 Å². The monoisotopic (exact) mass is 341 g/mol. The average molecular weight is 341 g/mol. The summed E-state index contributed by atoms with van der Waals surface area (Å²) in [7, 11) is 1.88. The fourth-order valence-electron chi connectivity index (χ4n) is 3.22.